The summed E-state index contributed by atoms with van der Waals surface area (Å²) in [6.45, 7) is 3.08. The standard InChI is InChI=1S/C19H26N4O3S/c1-15-16(14-22(2)21-15)6-11-19(24)20-17-7-9-18(10-8-17)27(25,26)23-12-4-3-5-13-23/h7-10,14H,3-6,11-13H2,1-2H3,(H,20,24). The minimum absolute atomic E-state index is 0.107. The Morgan fingerprint density at radius 2 is 1.81 bits per heavy atom. The maximum atomic E-state index is 12.6. The van der Waals surface area contributed by atoms with Gasteiger partial charge in [-0.05, 0) is 56.0 Å². The molecule has 1 aromatic heterocycles. The maximum absolute atomic E-state index is 12.6. The Morgan fingerprint density at radius 1 is 1.15 bits per heavy atom. The van der Waals surface area contributed by atoms with Crippen LogP contribution in [0.15, 0.2) is 35.4 Å². The van der Waals surface area contributed by atoms with Crippen molar-refractivity contribution in [1.29, 1.82) is 0 Å². The second-order valence-electron chi connectivity index (χ2n) is 6.95. The number of benzene rings is 1. The summed E-state index contributed by atoms with van der Waals surface area (Å²) >= 11 is 0. The fourth-order valence-electron chi connectivity index (χ4n) is 3.33. The van der Waals surface area contributed by atoms with Crippen LogP contribution >= 0.6 is 0 Å². The number of carbonyl (C=O) groups excluding carboxylic acids is 1. The van der Waals surface area contributed by atoms with Crippen LogP contribution in [0.2, 0.25) is 0 Å². The fourth-order valence-corrected chi connectivity index (χ4v) is 4.85. The molecule has 146 valence electrons. The summed E-state index contributed by atoms with van der Waals surface area (Å²) in [5.74, 6) is -0.107. The average molecular weight is 391 g/mol. The first kappa shape index (κ1) is 19.6. The number of aryl methyl sites for hydroxylation is 3. The van der Waals surface area contributed by atoms with Gasteiger partial charge < -0.3 is 5.32 Å². The average Bonchev–Trinajstić information content (AvgIpc) is 2.98. The van der Waals surface area contributed by atoms with E-state index in [4.69, 9.17) is 0 Å². The third-order valence-corrected chi connectivity index (χ3v) is 6.74. The summed E-state index contributed by atoms with van der Waals surface area (Å²) < 4.78 is 28.6. The largest absolute Gasteiger partial charge is 0.326 e. The normalized spacial score (nSPS) is 15.6. The van der Waals surface area contributed by atoms with Crippen LogP contribution in [0.5, 0.6) is 0 Å². The van der Waals surface area contributed by atoms with E-state index in [1.807, 2.05) is 20.2 Å². The molecule has 7 nitrogen and oxygen atoms in total. The number of anilines is 1. The Morgan fingerprint density at radius 3 is 2.41 bits per heavy atom. The lowest BCUT2D eigenvalue weighted by atomic mass is 10.1. The topological polar surface area (TPSA) is 84.3 Å². The number of nitrogens with zero attached hydrogens (tertiary/aromatic N) is 3. The second kappa shape index (κ2) is 8.22. The van der Waals surface area contributed by atoms with Crippen molar-refractivity contribution in [1.82, 2.24) is 14.1 Å². The molecule has 1 N–H and O–H groups in total. The number of nitrogens with one attached hydrogen (secondary N) is 1. The van der Waals surface area contributed by atoms with Crippen LogP contribution in [-0.4, -0.2) is 41.5 Å². The molecule has 3 rings (SSSR count). The molecule has 1 amide bonds. The smallest absolute Gasteiger partial charge is 0.243 e. The van der Waals surface area contributed by atoms with E-state index in [9.17, 15) is 13.2 Å². The molecule has 0 saturated carbocycles. The van der Waals surface area contributed by atoms with Crippen molar-refractivity contribution >= 4 is 21.6 Å². The molecule has 0 radical (unpaired) electrons. The number of aromatic nitrogens is 2. The van der Waals surface area contributed by atoms with Crippen LogP contribution in [0.1, 0.15) is 36.9 Å². The van der Waals surface area contributed by atoms with E-state index in [-0.39, 0.29) is 10.8 Å². The Labute approximate surface area is 160 Å². The number of hydrogen-bond donors (Lipinski definition) is 1. The minimum Gasteiger partial charge on any atom is -0.326 e. The first-order valence-electron chi connectivity index (χ1n) is 9.25. The molecule has 1 aliphatic heterocycles. The van der Waals surface area contributed by atoms with Crippen molar-refractivity contribution in [2.75, 3.05) is 18.4 Å². The third kappa shape index (κ3) is 4.75. The molecule has 0 bridgehead atoms. The van der Waals surface area contributed by atoms with Gasteiger partial charge in [0.1, 0.15) is 0 Å². The summed E-state index contributed by atoms with van der Waals surface area (Å²) in [5, 5.41) is 7.09. The SMILES string of the molecule is Cc1nn(C)cc1CCC(=O)Nc1ccc(S(=O)(=O)N2CCCCC2)cc1. The molecule has 0 atom stereocenters. The highest BCUT2D eigenvalue weighted by Gasteiger charge is 2.25. The highest BCUT2D eigenvalue weighted by molar-refractivity contribution is 7.89. The molecular formula is C19H26N4O3S. The molecule has 0 unspecified atom stereocenters. The zero-order valence-electron chi connectivity index (χ0n) is 15.8. The summed E-state index contributed by atoms with van der Waals surface area (Å²) in [6, 6.07) is 6.41. The van der Waals surface area contributed by atoms with Crippen molar-refractivity contribution in [3.8, 4) is 0 Å². The van der Waals surface area contributed by atoms with Gasteiger partial charge in [0.05, 0.1) is 10.6 Å². The van der Waals surface area contributed by atoms with E-state index < -0.39 is 10.0 Å². The molecule has 1 fully saturated rings. The van der Waals surface area contributed by atoms with Crippen molar-refractivity contribution in [3.63, 3.8) is 0 Å². The second-order valence-corrected chi connectivity index (χ2v) is 8.89. The Hall–Kier alpha value is -2.19. The van der Waals surface area contributed by atoms with E-state index in [1.54, 1.807) is 33.3 Å². The van der Waals surface area contributed by atoms with Gasteiger partial charge >= 0.3 is 0 Å². The third-order valence-electron chi connectivity index (χ3n) is 4.83. The Bertz CT molecular complexity index is 898. The summed E-state index contributed by atoms with van der Waals surface area (Å²) in [6.07, 6.45) is 5.78. The van der Waals surface area contributed by atoms with E-state index in [0.29, 0.717) is 31.6 Å². The van der Waals surface area contributed by atoms with Crippen LogP contribution in [0.3, 0.4) is 0 Å². The maximum Gasteiger partial charge on any atom is 0.243 e. The van der Waals surface area contributed by atoms with E-state index in [1.165, 1.54) is 0 Å². The molecule has 2 heterocycles. The van der Waals surface area contributed by atoms with Gasteiger partial charge in [0.15, 0.2) is 0 Å². The van der Waals surface area contributed by atoms with Gasteiger partial charge in [-0.15, -0.1) is 0 Å². The summed E-state index contributed by atoms with van der Waals surface area (Å²) in [7, 11) is -1.59. The lowest BCUT2D eigenvalue weighted by Gasteiger charge is -2.25. The highest BCUT2D eigenvalue weighted by Crippen LogP contribution is 2.22. The summed E-state index contributed by atoms with van der Waals surface area (Å²) in [5.41, 5.74) is 2.58. The van der Waals surface area contributed by atoms with Crippen molar-refractivity contribution in [2.24, 2.45) is 7.05 Å². The monoisotopic (exact) mass is 390 g/mol. The number of carbonyl (C=O) groups is 1. The van der Waals surface area contributed by atoms with Crippen LogP contribution in [0, 0.1) is 6.92 Å². The van der Waals surface area contributed by atoms with Crippen LogP contribution in [0.25, 0.3) is 0 Å². The predicted octanol–water partition coefficient (Wildman–Crippen LogP) is 2.47. The molecule has 1 saturated heterocycles. The van der Waals surface area contributed by atoms with Crippen molar-refractivity contribution in [3.05, 3.63) is 41.7 Å². The zero-order valence-corrected chi connectivity index (χ0v) is 16.6. The first-order valence-corrected chi connectivity index (χ1v) is 10.7. The number of sulfonamides is 1. The van der Waals surface area contributed by atoms with Gasteiger partial charge in [-0.3, -0.25) is 9.48 Å². The van der Waals surface area contributed by atoms with Crippen LogP contribution in [-0.2, 0) is 28.3 Å². The minimum atomic E-state index is -3.44. The van der Waals surface area contributed by atoms with Crippen molar-refractivity contribution < 1.29 is 13.2 Å². The van der Waals surface area contributed by atoms with Gasteiger partial charge in [-0.25, -0.2) is 8.42 Å². The molecule has 2 aromatic rings. The molecule has 0 spiro atoms. The molecule has 0 aliphatic carbocycles. The van der Waals surface area contributed by atoms with E-state index in [2.05, 4.69) is 10.4 Å². The van der Waals surface area contributed by atoms with E-state index in [0.717, 1.165) is 30.5 Å². The van der Waals surface area contributed by atoms with Gasteiger partial charge in [0.25, 0.3) is 0 Å². The number of piperidine rings is 1. The Kier molecular flexibility index (Phi) is 5.96. The van der Waals surface area contributed by atoms with Crippen LogP contribution in [0.4, 0.5) is 5.69 Å². The van der Waals surface area contributed by atoms with Crippen molar-refractivity contribution in [2.45, 2.75) is 43.9 Å². The zero-order chi connectivity index (χ0) is 19.4. The highest BCUT2D eigenvalue weighted by atomic mass is 32.2. The summed E-state index contributed by atoms with van der Waals surface area (Å²) in [4.78, 5) is 12.4. The van der Waals surface area contributed by atoms with Crippen LogP contribution < -0.4 is 5.32 Å². The molecule has 1 aliphatic rings. The Balaban J connectivity index is 1.58. The first-order chi connectivity index (χ1) is 12.9. The van der Waals surface area contributed by atoms with Gasteiger partial charge in [-0.2, -0.15) is 9.40 Å². The van der Waals surface area contributed by atoms with E-state index >= 15 is 0 Å². The predicted molar refractivity (Wildman–Crippen MR) is 104 cm³/mol. The lowest BCUT2D eigenvalue weighted by molar-refractivity contribution is -0.116. The van der Waals surface area contributed by atoms with Gasteiger partial charge in [0.2, 0.25) is 15.9 Å². The number of amides is 1. The number of hydrogen-bond acceptors (Lipinski definition) is 4. The van der Waals surface area contributed by atoms with Gasteiger partial charge in [0, 0.05) is 38.4 Å². The molecule has 27 heavy (non-hydrogen) atoms. The molecular weight excluding hydrogens is 364 g/mol. The quantitative estimate of drug-likeness (QED) is 0.821. The molecule has 8 heteroatoms. The van der Waals surface area contributed by atoms with Gasteiger partial charge in [-0.1, -0.05) is 6.42 Å². The number of rotatable bonds is 6. The molecule has 1 aromatic carbocycles. The lowest BCUT2D eigenvalue weighted by Crippen LogP contribution is -2.35. The fraction of sp³-hybridized carbons (Fsp3) is 0.474.